The number of ether oxygens (including phenoxy) is 2. The normalized spacial score (nSPS) is 11.0. The lowest BCUT2D eigenvalue weighted by Crippen LogP contribution is -2.18. The molecule has 32 heavy (non-hydrogen) atoms. The summed E-state index contributed by atoms with van der Waals surface area (Å²) in [7, 11) is 0. The molecular weight excluding hydrogens is 456 g/mol. The summed E-state index contributed by atoms with van der Waals surface area (Å²) in [6.45, 7) is -6.49. The number of carboxylic acid groups (broad SMARTS) is 1. The van der Waals surface area contributed by atoms with Gasteiger partial charge in [0.1, 0.15) is 5.15 Å². The molecule has 168 valence electrons. The average Bonchev–Trinajstić information content (AvgIpc) is 2.74. The molecule has 0 aliphatic rings. The van der Waals surface area contributed by atoms with E-state index in [-0.39, 0.29) is 22.9 Å². The minimum absolute atomic E-state index is 0.0218. The van der Waals surface area contributed by atoms with Crippen molar-refractivity contribution in [2.75, 3.05) is 4.90 Å². The number of pyridine rings is 1. The third-order valence-electron chi connectivity index (χ3n) is 4.24. The van der Waals surface area contributed by atoms with Crippen molar-refractivity contribution in [2.45, 2.75) is 19.8 Å². The first-order valence-corrected chi connectivity index (χ1v) is 9.36. The Morgan fingerprint density at radius 1 is 0.969 bits per heavy atom. The fourth-order valence-corrected chi connectivity index (χ4v) is 3.07. The minimum atomic E-state index is -3.29. The SMILES string of the molecule is O=C(O)c1cccc(N(Cc2cccnc2Cl)c2ccc(OC(F)F)c(OC(F)F)c2)c1. The molecule has 0 amide bonds. The molecule has 11 heteroatoms. The van der Waals surface area contributed by atoms with Crippen molar-refractivity contribution >= 4 is 28.9 Å². The van der Waals surface area contributed by atoms with Crippen LogP contribution in [-0.2, 0) is 6.54 Å². The number of nitrogens with zero attached hydrogens (tertiary/aromatic N) is 2. The highest BCUT2D eigenvalue weighted by Crippen LogP contribution is 2.38. The lowest BCUT2D eigenvalue weighted by Gasteiger charge is -2.26. The third kappa shape index (κ3) is 5.79. The maximum atomic E-state index is 12.9. The highest BCUT2D eigenvalue weighted by atomic mass is 35.5. The zero-order valence-electron chi connectivity index (χ0n) is 16.1. The van der Waals surface area contributed by atoms with Crippen LogP contribution in [0.3, 0.4) is 0 Å². The van der Waals surface area contributed by atoms with Gasteiger partial charge in [0.2, 0.25) is 0 Å². The summed E-state index contributed by atoms with van der Waals surface area (Å²) < 4.78 is 59.7. The van der Waals surface area contributed by atoms with E-state index in [9.17, 15) is 27.5 Å². The van der Waals surface area contributed by atoms with Crippen molar-refractivity contribution in [2.24, 2.45) is 0 Å². The molecule has 0 atom stereocenters. The van der Waals surface area contributed by atoms with Gasteiger partial charge in [-0.25, -0.2) is 9.78 Å². The fraction of sp³-hybridized carbons (Fsp3) is 0.143. The molecule has 0 aliphatic heterocycles. The smallest absolute Gasteiger partial charge is 0.387 e. The number of rotatable bonds is 9. The molecule has 0 unspecified atom stereocenters. The highest BCUT2D eigenvalue weighted by molar-refractivity contribution is 6.30. The number of hydrogen-bond donors (Lipinski definition) is 1. The Labute approximate surface area is 184 Å². The van der Waals surface area contributed by atoms with Crippen molar-refractivity contribution in [3.8, 4) is 11.5 Å². The Balaban J connectivity index is 2.11. The van der Waals surface area contributed by atoms with Gasteiger partial charge in [-0.2, -0.15) is 17.6 Å². The van der Waals surface area contributed by atoms with E-state index in [2.05, 4.69) is 14.5 Å². The first-order valence-electron chi connectivity index (χ1n) is 8.98. The topological polar surface area (TPSA) is 71.9 Å². The Hall–Kier alpha value is -3.53. The summed E-state index contributed by atoms with van der Waals surface area (Å²) in [6, 6.07) is 12.6. The van der Waals surface area contributed by atoms with Crippen LogP contribution in [0.2, 0.25) is 5.15 Å². The summed E-state index contributed by atoms with van der Waals surface area (Å²) in [6.07, 6.45) is 1.48. The maximum Gasteiger partial charge on any atom is 0.387 e. The van der Waals surface area contributed by atoms with Gasteiger partial charge in [-0.3, -0.25) is 0 Å². The van der Waals surface area contributed by atoms with Crippen LogP contribution in [0, 0.1) is 0 Å². The maximum absolute atomic E-state index is 12.9. The Kier molecular flexibility index (Phi) is 7.37. The van der Waals surface area contributed by atoms with Crippen LogP contribution >= 0.6 is 11.6 Å². The number of aromatic carboxylic acids is 1. The summed E-state index contributed by atoms with van der Waals surface area (Å²) in [5, 5.41) is 9.49. The van der Waals surface area contributed by atoms with E-state index in [1.807, 2.05) is 0 Å². The van der Waals surface area contributed by atoms with Crippen molar-refractivity contribution < 1.29 is 36.9 Å². The number of anilines is 2. The summed E-state index contributed by atoms with van der Waals surface area (Å²) in [5.41, 5.74) is 1.12. The quantitative estimate of drug-likeness (QED) is 0.307. The molecule has 1 heterocycles. The van der Waals surface area contributed by atoms with Gasteiger partial charge in [-0.15, -0.1) is 0 Å². The standard InChI is InChI=1S/C21H15ClF4N2O4/c22-18-13(4-2-8-27-18)11-28(14-5-1-3-12(9-14)19(29)30)15-6-7-16(31-20(23)24)17(10-15)32-21(25)26/h1-10,20-21H,11H2,(H,29,30). The second kappa shape index (κ2) is 10.2. The highest BCUT2D eigenvalue weighted by Gasteiger charge is 2.20. The molecule has 0 radical (unpaired) electrons. The van der Waals surface area contributed by atoms with E-state index in [0.29, 0.717) is 11.3 Å². The fourth-order valence-electron chi connectivity index (χ4n) is 2.89. The molecule has 6 nitrogen and oxygen atoms in total. The molecule has 0 aliphatic carbocycles. The van der Waals surface area contributed by atoms with E-state index >= 15 is 0 Å². The molecule has 1 aromatic heterocycles. The Bertz CT molecular complexity index is 1100. The number of hydrogen-bond acceptors (Lipinski definition) is 5. The number of aromatic nitrogens is 1. The second-order valence-electron chi connectivity index (χ2n) is 6.28. The van der Waals surface area contributed by atoms with Crippen LogP contribution in [-0.4, -0.2) is 29.3 Å². The predicted octanol–water partition coefficient (Wildman–Crippen LogP) is 5.97. The van der Waals surface area contributed by atoms with Crippen LogP contribution in [0.15, 0.2) is 60.8 Å². The van der Waals surface area contributed by atoms with Crippen LogP contribution in [0.4, 0.5) is 28.9 Å². The van der Waals surface area contributed by atoms with Crippen molar-refractivity contribution in [1.82, 2.24) is 4.98 Å². The van der Waals surface area contributed by atoms with E-state index in [4.69, 9.17) is 11.6 Å². The summed E-state index contributed by atoms with van der Waals surface area (Å²) >= 11 is 6.15. The van der Waals surface area contributed by atoms with E-state index < -0.39 is 30.7 Å². The number of carboxylic acids is 1. The molecule has 0 saturated carbocycles. The average molecular weight is 471 g/mol. The predicted molar refractivity (Wildman–Crippen MR) is 108 cm³/mol. The van der Waals surface area contributed by atoms with Gasteiger partial charge in [0.25, 0.3) is 0 Å². The number of alkyl halides is 4. The molecule has 3 rings (SSSR count). The monoisotopic (exact) mass is 470 g/mol. The summed E-state index contributed by atoms with van der Waals surface area (Å²) in [4.78, 5) is 16.9. The van der Waals surface area contributed by atoms with Crippen LogP contribution < -0.4 is 14.4 Å². The summed E-state index contributed by atoms with van der Waals surface area (Å²) in [5.74, 6) is -2.37. The third-order valence-corrected chi connectivity index (χ3v) is 4.58. The van der Waals surface area contributed by atoms with Crippen molar-refractivity contribution in [3.63, 3.8) is 0 Å². The van der Waals surface area contributed by atoms with Gasteiger partial charge in [0.15, 0.2) is 11.5 Å². The molecular formula is C21H15ClF4N2O4. The van der Waals surface area contributed by atoms with Gasteiger partial charge in [-0.1, -0.05) is 23.7 Å². The van der Waals surface area contributed by atoms with Crippen LogP contribution in [0.25, 0.3) is 0 Å². The zero-order chi connectivity index (χ0) is 23.3. The van der Waals surface area contributed by atoms with E-state index in [1.165, 1.54) is 30.5 Å². The molecule has 0 fully saturated rings. The van der Waals surface area contributed by atoms with Crippen LogP contribution in [0.1, 0.15) is 15.9 Å². The molecule has 2 aromatic carbocycles. The molecule has 0 bridgehead atoms. The minimum Gasteiger partial charge on any atom is -0.478 e. The first kappa shape index (κ1) is 23.1. The largest absolute Gasteiger partial charge is 0.478 e. The molecule has 0 spiro atoms. The van der Waals surface area contributed by atoms with E-state index in [0.717, 1.165) is 12.1 Å². The van der Waals surface area contributed by atoms with Gasteiger partial charge >= 0.3 is 19.2 Å². The number of carbonyl (C=O) groups is 1. The van der Waals surface area contributed by atoms with Crippen LogP contribution in [0.5, 0.6) is 11.5 Å². The molecule has 0 saturated heterocycles. The zero-order valence-corrected chi connectivity index (χ0v) is 16.8. The second-order valence-corrected chi connectivity index (χ2v) is 6.64. The van der Waals surface area contributed by atoms with Gasteiger partial charge in [0.05, 0.1) is 12.1 Å². The molecule has 1 N–H and O–H groups in total. The van der Waals surface area contributed by atoms with Crippen molar-refractivity contribution in [1.29, 1.82) is 0 Å². The Morgan fingerprint density at radius 2 is 1.66 bits per heavy atom. The van der Waals surface area contributed by atoms with E-state index in [1.54, 1.807) is 23.1 Å². The van der Waals surface area contributed by atoms with Gasteiger partial charge < -0.3 is 19.5 Å². The van der Waals surface area contributed by atoms with Gasteiger partial charge in [-0.05, 0) is 36.4 Å². The number of halogens is 5. The first-order chi connectivity index (χ1) is 15.2. The van der Waals surface area contributed by atoms with Crippen molar-refractivity contribution in [3.05, 3.63) is 77.1 Å². The van der Waals surface area contributed by atoms with Gasteiger partial charge in [0, 0.05) is 29.2 Å². The lowest BCUT2D eigenvalue weighted by molar-refractivity contribution is -0.0692. The lowest BCUT2D eigenvalue weighted by atomic mass is 10.1. The molecule has 3 aromatic rings. The number of benzene rings is 2. The Morgan fingerprint density at radius 3 is 2.31 bits per heavy atom.